The summed E-state index contributed by atoms with van der Waals surface area (Å²) in [6.07, 6.45) is 3.64. The van der Waals surface area contributed by atoms with E-state index in [-0.39, 0.29) is 17.1 Å². The SMILES string of the molecule is CCN=C([S-])N/N=C(/C(C)=N/NC(=NCC)SC)c1ccnn1C.[Cu+]. The quantitative estimate of drug-likeness (QED) is 0.233. The topological polar surface area (TPSA) is 91.3 Å². The zero-order valence-corrected chi connectivity index (χ0v) is 17.4. The van der Waals surface area contributed by atoms with E-state index in [4.69, 9.17) is 12.6 Å². The molecule has 0 spiro atoms. The normalized spacial score (nSPS) is 13.5. The fraction of sp³-hybridized carbons (Fsp3) is 0.500. The molecule has 1 aromatic rings. The van der Waals surface area contributed by atoms with E-state index in [1.54, 1.807) is 10.9 Å². The molecule has 142 valence electrons. The average molecular weight is 431 g/mol. The largest absolute Gasteiger partial charge is 1.00 e. The molecule has 11 heteroatoms. The molecule has 8 nitrogen and oxygen atoms in total. The monoisotopic (exact) mass is 430 g/mol. The zero-order chi connectivity index (χ0) is 17.9. The van der Waals surface area contributed by atoms with Gasteiger partial charge in [-0.1, -0.05) is 11.8 Å². The number of hydrogen-bond acceptors (Lipinski definition) is 7. The van der Waals surface area contributed by atoms with Crippen LogP contribution in [-0.2, 0) is 36.7 Å². The summed E-state index contributed by atoms with van der Waals surface area (Å²) in [4.78, 5) is 8.39. The molecule has 25 heavy (non-hydrogen) atoms. The van der Waals surface area contributed by atoms with Gasteiger partial charge in [0, 0.05) is 26.3 Å². The number of aryl methyl sites for hydroxylation is 1. The Labute approximate surface area is 169 Å². The van der Waals surface area contributed by atoms with Crippen LogP contribution in [0.1, 0.15) is 26.5 Å². The van der Waals surface area contributed by atoms with E-state index >= 15 is 0 Å². The van der Waals surface area contributed by atoms with Gasteiger partial charge in [-0.2, -0.15) is 15.3 Å². The maximum Gasteiger partial charge on any atom is 1.00 e. The molecular weight excluding hydrogens is 408 g/mol. The van der Waals surface area contributed by atoms with E-state index in [0.717, 1.165) is 10.9 Å². The molecular formula is C14H23CuN8S2. The van der Waals surface area contributed by atoms with Gasteiger partial charge in [-0.3, -0.25) is 25.5 Å². The molecule has 0 aliphatic heterocycles. The van der Waals surface area contributed by atoms with Crippen molar-refractivity contribution < 1.29 is 17.1 Å². The molecule has 0 amide bonds. The van der Waals surface area contributed by atoms with E-state index in [9.17, 15) is 0 Å². The molecule has 1 heterocycles. The molecule has 0 radical (unpaired) electrons. The maximum absolute atomic E-state index is 5.09. The number of rotatable bonds is 6. The Morgan fingerprint density at radius 1 is 1.24 bits per heavy atom. The Balaban J connectivity index is 0.00000576. The molecule has 0 aromatic carbocycles. The van der Waals surface area contributed by atoms with Gasteiger partial charge in [0.05, 0.1) is 11.4 Å². The van der Waals surface area contributed by atoms with Crippen molar-refractivity contribution in [3.8, 4) is 0 Å². The number of amidine groups is 2. The second kappa shape index (κ2) is 12.9. The van der Waals surface area contributed by atoms with Gasteiger partial charge in [0.2, 0.25) is 0 Å². The summed E-state index contributed by atoms with van der Waals surface area (Å²) in [5, 5.41) is 14.0. The van der Waals surface area contributed by atoms with E-state index in [0.29, 0.717) is 29.7 Å². The van der Waals surface area contributed by atoms with Crippen molar-refractivity contribution in [2.75, 3.05) is 19.3 Å². The molecule has 0 unspecified atom stereocenters. The van der Waals surface area contributed by atoms with Gasteiger partial charge in [-0.25, -0.2) is 0 Å². The summed E-state index contributed by atoms with van der Waals surface area (Å²) < 4.78 is 1.72. The van der Waals surface area contributed by atoms with Crippen molar-refractivity contribution in [3.05, 3.63) is 18.0 Å². The van der Waals surface area contributed by atoms with Crippen molar-refractivity contribution in [1.29, 1.82) is 0 Å². The van der Waals surface area contributed by atoms with Gasteiger partial charge >= 0.3 is 17.1 Å². The Bertz CT molecular complexity index is 651. The first kappa shape index (κ1) is 23.6. The molecule has 0 bridgehead atoms. The molecule has 0 saturated heterocycles. The number of nitrogens with one attached hydrogen (secondary N) is 2. The van der Waals surface area contributed by atoms with Gasteiger partial charge in [0.15, 0.2) is 5.17 Å². The van der Waals surface area contributed by atoms with Crippen LogP contribution >= 0.6 is 11.8 Å². The molecule has 0 atom stereocenters. The van der Waals surface area contributed by atoms with Crippen molar-refractivity contribution in [3.63, 3.8) is 0 Å². The number of aliphatic imine (C=N–C) groups is 2. The van der Waals surface area contributed by atoms with Crippen LogP contribution in [-0.4, -0.2) is 50.9 Å². The minimum Gasteiger partial charge on any atom is -0.741 e. The summed E-state index contributed by atoms with van der Waals surface area (Å²) in [6, 6.07) is 1.86. The van der Waals surface area contributed by atoms with Crippen molar-refractivity contribution in [1.82, 2.24) is 20.6 Å². The first-order chi connectivity index (χ1) is 11.5. The minimum atomic E-state index is 0. The van der Waals surface area contributed by atoms with Crippen molar-refractivity contribution in [2.24, 2.45) is 27.2 Å². The Morgan fingerprint density at radius 2 is 1.92 bits per heavy atom. The van der Waals surface area contributed by atoms with Crippen molar-refractivity contribution >= 4 is 46.1 Å². The van der Waals surface area contributed by atoms with Gasteiger partial charge in [0.25, 0.3) is 0 Å². The van der Waals surface area contributed by atoms with Gasteiger partial charge < -0.3 is 12.6 Å². The second-order valence-electron chi connectivity index (χ2n) is 4.48. The third kappa shape index (κ3) is 8.00. The predicted octanol–water partition coefficient (Wildman–Crippen LogP) is 1.34. The molecule has 2 N–H and O–H groups in total. The maximum atomic E-state index is 5.09. The molecule has 0 aliphatic rings. The summed E-state index contributed by atoms with van der Waals surface area (Å²) in [6.45, 7) is 7.02. The smallest absolute Gasteiger partial charge is 0.741 e. The fourth-order valence-corrected chi connectivity index (χ4v) is 2.26. The summed E-state index contributed by atoms with van der Waals surface area (Å²) in [5.74, 6) is 0. The summed E-state index contributed by atoms with van der Waals surface area (Å²) in [7, 11) is 1.84. The Kier molecular flexibility index (Phi) is 12.1. The van der Waals surface area contributed by atoms with E-state index in [1.807, 2.05) is 40.1 Å². The van der Waals surface area contributed by atoms with Gasteiger partial charge in [0.1, 0.15) is 5.71 Å². The molecule has 1 rings (SSSR count). The van der Waals surface area contributed by atoms with Gasteiger partial charge in [-0.15, -0.1) is 0 Å². The van der Waals surface area contributed by atoms with Crippen LogP contribution in [0.25, 0.3) is 0 Å². The Morgan fingerprint density at radius 3 is 2.44 bits per heavy atom. The third-order valence-corrected chi connectivity index (χ3v) is 3.61. The molecule has 0 fully saturated rings. The van der Waals surface area contributed by atoms with Crippen LogP contribution in [0, 0.1) is 0 Å². The minimum absolute atomic E-state index is 0. The second-order valence-corrected chi connectivity index (χ2v) is 5.67. The predicted molar refractivity (Wildman–Crippen MR) is 106 cm³/mol. The van der Waals surface area contributed by atoms with Crippen LogP contribution in [0.15, 0.2) is 32.5 Å². The zero-order valence-electron chi connectivity index (χ0n) is 14.9. The number of thioether (sulfide) groups is 1. The van der Waals surface area contributed by atoms with Crippen LogP contribution in [0.5, 0.6) is 0 Å². The summed E-state index contributed by atoms with van der Waals surface area (Å²) >= 11 is 6.59. The summed E-state index contributed by atoms with van der Waals surface area (Å²) in [5.41, 5.74) is 7.82. The van der Waals surface area contributed by atoms with Crippen LogP contribution in [0.4, 0.5) is 0 Å². The molecule has 0 aliphatic carbocycles. The number of aromatic nitrogens is 2. The van der Waals surface area contributed by atoms with E-state index in [1.165, 1.54) is 11.8 Å². The van der Waals surface area contributed by atoms with Crippen LogP contribution in [0.2, 0.25) is 0 Å². The number of hydrogen-bond donors (Lipinski definition) is 2. The Hall–Kier alpha value is -1.42. The van der Waals surface area contributed by atoms with Crippen molar-refractivity contribution in [2.45, 2.75) is 20.8 Å². The third-order valence-electron chi connectivity index (χ3n) is 2.79. The first-order valence-corrected chi connectivity index (χ1v) is 9.09. The van der Waals surface area contributed by atoms with E-state index in [2.05, 4.69) is 36.1 Å². The number of nitrogens with zero attached hydrogens (tertiary/aromatic N) is 6. The molecule has 0 saturated carbocycles. The number of hydrazone groups is 2. The average Bonchev–Trinajstić information content (AvgIpc) is 2.98. The molecule has 1 aromatic heterocycles. The first-order valence-electron chi connectivity index (χ1n) is 7.46. The fourth-order valence-electron chi connectivity index (χ4n) is 1.69. The standard InChI is InChI=1S/C14H24N8S2.Cu/c1-6-15-13(23)20-19-12(11-8-9-17-22(11)4)10(3)18-21-14(24-5)16-7-2;/h8-9H,6-7H2,1-5H3,(H,16,21)(H2,15,20,23);/q;+1/p-1/b18-10+,19-12-;. The van der Waals surface area contributed by atoms with Gasteiger partial charge in [-0.05, 0) is 38.3 Å². The van der Waals surface area contributed by atoms with Crippen LogP contribution < -0.4 is 10.9 Å². The van der Waals surface area contributed by atoms with E-state index < -0.39 is 0 Å². The van der Waals surface area contributed by atoms with Crippen LogP contribution in [0.3, 0.4) is 0 Å².